The summed E-state index contributed by atoms with van der Waals surface area (Å²) < 4.78 is 14.9. The number of hydrogen-bond donors (Lipinski definition) is 2. The van der Waals surface area contributed by atoms with Crippen molar-refractivity contribution < 1.29 is 4.39 Å². The van der Waals surface area contributed by atoms with Crippen molar-refractivity contribution in [1.29, 1.82) is 5.41 Å². The summed E-state index contributed by atoms with van der Waals surface area (Å²) in [6, 6.07) is 21.7. The highest BCUT2D eigenvalue weighted by molar-refractivity contribution is 6.18. The minimum absolute atomic E-state index is 0.220. The van der Waals surface area contributed by atoms with Crippen LogP contribution in [0.25, 0.3) is 34.7 Å². The quantitative estimate of drug-likeness (QED) is 0.357. The van der Waals surface area contributed by atoms with E-state index >= 15 is 0 Å². The van der Waals surface area contributed by atoms with Crippen LogP contribution in [0.2, 0.25) is 0 Å². The Morgan fingerprint density at radius 3 is 2.58 bits per heavy atom. The molecule has 0 saturated heterocycles. The maximum atomic E-state index is 13.4. The fourth-order valence-corrected chi connectivity index (χ4v) is 3.67. The Bertz CT molecular complexity index is 1510. The van der Waals surface area contributed by atoms with E-state index in [1.807, 2.05) is 42.6 Å². The van der Waals surface area contributed by atoms with Crippen molar-refractivity contribution in [2.45, 2.75) is 18.9 Å². The number of hydrogen-bond acceptors (Lipinski definition) is 5. The van der Waals surface area contributed by atoms with Gasteiger partial charge in [0.05, 0.1) is 11.7 Å². The second kappa shape index (κ2) is 10.3. The fourth-order valence-electron chi connectivity index (χ4n) is 3.67. The van der Waals surface area contributed by atoms with E-state index in [0.717, 1.165) is 29.5 Å². The molecule has 1 fully saturated rings. The van der Waals surface area contributed by atoms with E-state index in [4.69, 9.17) is 11.1 Å². The second-order valence-electron chi connectivity index (χ2n) is 8.57. The summed E-state index contributed by atoms with van der Waals surface area (Å²) in [4.78, 5) is 8.80. The van der Waals surface area contributed by atoms with E-state index in [1.165, 1.54) is 16.8 Å². The van der Waals surface area contributed by atoms with Gasteiger partial charge in [0.15, 0.2) is 0 Å². The lowest BCUT2D eigenvalue weighted by molar-refractivity contribution is 0.627. The van der Waals surface area contributed by atoms with Crippen molar-refractivity contribution >= 4 is 29.8 Å². The number of pyridine rings is 1. The molecule has 0 atom stereocenters. The molecule has 1 saturated carbocycles. The van der Waals surface area contributed by atoms with Gasteiger partial charge in [-0.15, -0.1) is 0 Å². The number of nitrogens with two attached hydrogens (primary N) is 1. The van der Waals surface area contributed by atoms with Crippen molar-refractivity contribution in [1.82, 2.24) is 14.8 Å². The predicted molar refractivity (Wildman–Crippen MR) is 142 cm³/mol. The third-order valence-electron chi connectivity index (χ3n) is 5.83. The van der Waals surface area contributed by atoms with Gasteiger partial charge in [-0.1, -0.05) is 24.3 Å². The van der Waals surface area contributed by atoms with Gasteiger partial charge < -0.3 is 5.73 Å². The summed E-state index contributed by atoms with van der Waals surface area (Å²) >= 11 is 0. The number of nitrogens with one attached hydrogen (secondary N) is 1. The number of halogens is 1. The molecule has 7 heteroatoms. The first kappa shape index (κ1) is 23.1. The van der Waals surface area contributed by atoms with Crippen LogP contribution in [-0.2, 0) is 0 Å². The molecular weight excluding hydrogens is 451 g/mol. The van der Waals surface area contributed by atoms with Crippen molar-refractivity contribution in [3.05, 3.63) is 113 Å². The summed E-state index contributed by atoms with van der Waals surface area (Å²) in [6.07, 6.45) is 11.1. The van der Waals surface area contributed by atoms with Gasteiger partial charge in [0.1, 0.15) is 11.3 Å². The molecule has 0 aliphatic heterocycles. The number of aliphatic imine (C=N–C) groups is 1. The van der Waals surface area contributed by atoms with Gasteiger partial charge in [0.25, 0.3) is 0 Å². The number of allylic oxidation sites excluding steroid dienone is 1. The van der Waals surface area contributed by atoms with Gasteiger partial charge in [0.2, 0.25) is 0 Å². The van der Waals surface area contributed by atoms with E-state index in [0.29, 0.717) is 28.6 Å². The first-order valence-electron chi connectivity index (χ1n) is 11.7. The molecule has 4 aromatic rings. The molecule has 178 valence electrons. The molecule has 5 rings (SSSR count). The van der Waals surface area contributed by atoms with Crippen molar-refractivity contribution in [2.24, 2.45) is 10.7 Å². The highest BCUT2D eigenvalue weighted by Crippen LogP contribution is 2.26. The van der Waals surface area contributed by atoms with Crippen molar-refractivity contribution in [3.8, 4) is 11.1 Å². The first-order valence-corrected chi connectivity index (χ1v) is 11.7. The average Bonchev–Trinajstić information content (AvgIpc) is 3.74. The van der Waals surface area contributed by atoms with Crippen LogP contribution in [0.15, 0.2) is 90.2 Å². The fraction of sp³-hybridized carbons (Fsp3) is 0.103. The SMILES string of the molecule is N=c1ccc(C(C=NC2CC2)=C(N)c2ccc(F)cc2)nn1/C=C/c1cccc(-c2cccnc2)c1. The van der Waals surface area contributed by atoms with Crippen LogP contribution in [0.3, 0.4) is 0 Å². The van der Waals surface area contributed by atoms with Crippen LogP contribution in [0.5, 0.6) is 0 Å². The van der Waals surface area contributed by atoms with Gasteiger partial charge in [-0.3, -0.25) is 15.4 Å². The largest absolute Gasteiger partial charge is 0.398 e. The second-order valence-corrected chi connectivity index (χ2v) is 8.57. The zero-order valence-electron chi connectivity index (χ0n) is 19.6. The van der Waals surface area contributed by atoms with E-state index in [-0.39, 0.29) is 11.3 Å². The zero-order chi connectivity index (χ0) is 24.9. The Balaban J connectivity index is 1.49. The molecule has 0 bridgehead atoms. The summed E-state index contributed by atoms with van der Waals surface area (Å²) in [5.74, 6) is -0.327. The van der Waals surface area contributed by atoms with Crippen molar-refractivity contribution in [2.75, 3.05) is 0 Å². The molecule has 1 aliphatic rings. The number of aromatic nitrogens is 3. The third-order valence-corrected chi connectivity index (χ3v) is 5.83. The monoisotopic (exact) mass is 476 g/mol. The summed E-state index contributed by atoms with van der Waals surface area (Å²) in [6.45, 7) is 0. The molecule has 6 nitrogen and oxygen atoms in total. The molecule has 36 heavy (non-hydrogen) atoms. The molecule has 0 radical (unpaired) electrons. The maximum Gasteiger partial charge on any atom is 0.146 e. The molecule has 3 N–H and O–H groups in total. The minimum Gasteiger partial charge on any atom is -0.398 e. The number of nitrogens with zero attached hydrogens (tertiary/aromatic N) is 4. The zero-order valence-corrected chi connectivity index (χ0v) is 19.6. The molecule has 2 heterocycles. The standard InChI is InChI=1S/C29H25FN6/c30-24-8-6-21(7-9-24)29(32)26(19-34-25-10-11-25)27-12-13-28(31)36(35-27)16-14-20-3-1-4-22(17-20)23-5-2-15-33-18-23/h1-9,12-19,25,31H,10-11,32H2/b16-14+,29-26?,31-28?,34-19?. The molecule has 0 unspecified atom stereocenters. The Labute approximate surface area is 208 Å². The van der Waals surface area contributed by atoms with Gasteiger partial charge in [-0.05, 0) is 84.1 Å². The van der Waals surface area contributed by atoms with Gasteiger partial charge >= 0.3 is 0 Å². The summed E-state index contributed by atoms with van der Waals surface area (Å²) in [7, 11) is 0. The molecular formula is C29H25FN6. The molecule has 2 aromatic carbocycles. The maximum absolute atomic E-state index is 13.4. The highest BCUT2D eigenvalue weighted by atomic mass is 19.1. The Morgan fingerprint density at radius 1 is 1.03 bits per heavy atom. The van der Waals surface area contributed by atoms with Gasteiger partial charge in [0, 0.05) is 41.6 Å². The normalized spacial score (nSPS) is 14.4. The van der Waals surface area contributed by atoms with E-state index in [9.17, 15) is 4.39 Å². The topological polar surface area (TPSA) is 92.9 Å². The van der Waals surface area contributed by atoms with E-state index in [2.05, 4.69) is 21.1 Å². The highest BCUT2D eigenvalue weighted by Gasteiger charge is 2.20. The minimum atomic E-state index is -0.327. The van der Waals surface area contributed by atoms with Crippen LogP contribution >= 0.6 is 0 Å². The Hall–Kier alpha value is -4.65. The number of rotatable bonds is 7. The van der Waals surface area contributed by atoms with Crippen molar-refractivity contribution in [3.63, 3.8) is 0 Å². The lowest BCUT2D eigenvalue weighted by atomic mass is 10.0. The van der Waals surface area contributed by atoms with Gasteiger partial charge in [-0.2, -0.15) is 5.10 Å². The van der Waals surface area contributed by atoms with Crippen LogP contribution in [0.1, 0.15) is 29.7 Å². The molecule has 0 spiro atoms. The third kappa shape index (κ3) is 5.52. The summed E-state index contributed by atoms with van der Waals surface area (Å²) in [5.41, 5.74) is 12.1. The van der Waals surface area contributed by atoms with Gasteiger partial charge in [-0.25, -0.2) is 9.07 Å². The Morgan fingerprint density at radius 2 is 1.83 bits per heavy atom. The molecule has 0 amide bonds. The van der Waals surface area contributed by atoms with E-state index < -0.39 is 0 Å². The number of benzene rings is 2. The Kier molecular flexibility index (Phi) is 6.62. The smallest absolute Gasteiger partial charge is 0.146 e. The lowest BCUT2D eigenvalue weighted by Crippen LogP contribution is -2.19. The van der Waals surface area contributed by atoms with Crippen LogP contribution in [-0.4, -0.2) is 27.0 Å². The van der Waals surface area contributed by atoms with Crippen LogP contribution in [0.4, 0.5) is 4.39 Å². The lowest BCUT2D eigenvalue weighted by Gasteiger charge is -2.10. The average molecular weight is 477 g/mol. The van der Waals surface area contributed by atoms with Crippen LogP contribution < -0.4 is 11.2 Å². The predicted octanol–water partition coefficient (Wildman–Crippen LogP) is 5.25. The molecule has 1 aliphatic carbocycles. The molecule has 2 aromatic heterocycles. The first-order chi connectivity index (χ1) is 17.6. The van der Waals surface area contributed by atoms with Crippen LogP contribution in [0, 0.1) is 11.2 Å². The summed E-state index contributed by atoms with van der Waals surface area (Å²) in [5, 5.41) is 13.0. The van der Waals surface area contributed by atoms with E-state index in [1.54, 1.807) is 42.9 Å².